The van der Waals surface area contributed by atoms with Crippen molar-refractivity contribution in [3.05, 3.63) is 71.3 Å². The van der Waals surface area contributed by atoms with E-state index in [4.69, 9.17) is 10.00 Å². The first-order valence-electron chi connectivity index (χ1n) is 10.5. The van der Waals surface area contributed by atoms with Gasteiger partial charge in [0.2, 0.25) is 5.91 Å². The summed E-state index contributed by atoms with van der Waals surface area (Å²) in [5.74, 6) is 1.27. The van der Waals surface area contributed by atoms with E-state index in [9.17, 15) is 4.79 Å². The Morgan fingerprint density at radius 2 is 2.00 bits per heavy atom. The molecule has 0 aliphatic carbocycles. The van der Waals surface area contributed by atoms with Gasteiger partial charge in [0.25, 0.3) is 0 Å². The Bertz CT molecular complexity index is 899. The molecule has 1 amide bonds. The lowest BCUT2D eigenvalue weighted by Gasteiger charge is -2.31. The van der Waals surface area contributed by atoms with Gasteiger partial charge in [-0.25, -0.2) is 0 Å². The molecule has 1 heterocycles. The highest BCUT2D eigenvalue weighted by atomic mass is 16.5. The number of carbonyl (C=O) groups is 1. The second kappa shape index (κ2) is 11.2. The van der Waals surface area contributed by atoms with Crippen LogP contribution < -0.4 is 10.1 Å². The van der Waals surface area contributed by atoms with Crippen molar-refractivity contribution in [1.82, 2.24) is 10.2 Å². The highest BCUT2D eigenvalue weighted by molar-refractivity contribution is 5.91. The number of nitriles is 1. The van der Waals surface area contributed by atoms with Gasteiger partial charge in [-0.15, -0.1) is 0 Å². The molecule has 0 radical (unpaired) electrons. The number of piperidine rings is 1. The third-order valence-electron chi connectivity index (χ3n) is 5.32. The second-order valence-electron chi connectivity index (χ2n) is 7.82. The Morgan fingerprint density at radius 1 is 1.23 bits per heavy atom. The maximum atomic E-state index is 12.3. The quantitative estimate of drug-likeness (QED) is 0.673. The van der Waals surface area contributed by atoms with Crippen LogP contribution >= 0.6 is 0 Å². The van der Waals surface area contributed by atoms with E-state index in [0.29, 0.717) is 12.3 Å². The van der Waals surface area contributed by atoms with Gasteiger partial charge in [0, 0.05) is 25.7 Å². The van der Waals surface area contributed by atoms with Crippen LogP contribution in [0.4, 0.5) is 0 Å². The van der Waals surface area contributed by atoms with Gasteiger partial charge in [0.15, 0.2) is 6.61 Å². The smallest absolute Gasteiger partial charge is 0.244 e. The number of amides is 1. The Balaban J connectivity index is 1.52. The number of rotatable bonds is 8. The average Bonchev–Trinajstić information content (AvgIpc) is 2.76. The van der Waals surface area contributed by atoms with Crippen molar-refractivity contribution in [3.8, 4) is 11.8 Å². The number of nitrogens with one attached hydrogen (secondary N) is 1. The van der Waals surface area contributed by atoms with Gasteiger partial charge >= 0.3 is 0 Å². The Hall–Kier alpha value is -3.10. The van der Waals surface area contributed by atoms with Gasteiger partial charge in [-0.2, -0.15) is 5.26 Å². The molecule has 5 nitrogen and oxygen atoms in total. The summed E-state index contributed by atoms with van der Waals surface area (Å²) in [5, 5.41) is 11.5. The molecule has 1 saturated heterocycles. The molecule has 0 aromatic heterocycles. The van der Waals surface area contributed by atoms with Gasteiger partial charge in [0.1, 0.15) is 11.8 Å². The molecular formula is C25H29N3O2. The Kier molecular flexibility index (Phi) is 8.05. The fourth-order valence-electron chi connectivity index (χ4n) is 3.76. The van der Waals surface area contributed by atoms with E-state index >= 15 is 0 Å². The minimum atomic E-state index is -0.124. The number of ether oxygens (including phenoxy) is 1. The molecule has 0 saturated carbocycles. The van der Waals surface area contributed by atoms with Crippen molar-refractivity contribution in [3.63, 3.8) is 0 Å². The molecule has 1 aliphatic rings. The molecule has 1 atom stereocenters. The van der Waals surface area contributed by atoms with Gasteiger partial charge in [-0.1, -0.05) is 43.3 Å². The van der Waals surface area contributed by atoms with E-state index in [1.54, 1.807) is 24.3 Å². The van der Waals surface area contributed by atoms with E-state index in [2.05, 4.69) is 35.3 Å². The summed E-state index contributed by atoms with van der Waals surface area (Å²) >= 11 is 0. The fraction of sp³-hybridized carbons (Fsp3) is 0.360. The second-order valence-corrected chi connectivity index (χ2v) is 7.82. The van der Waals surface area contributed by atoms with Gasteiger partial charge < -0.3 is 10.1 Å². The molecule has 1 aliphatic heterocycles. The molecule has 3 rings (SSSR count). The number of benzene rings is 2. The fourth-order valence-corrected chi connectivity index (χ4v) is 3.76. The van der Waals surface area contributed by atoms with Crippen LogP contribution in [0.15, 0.2) is 54.6 Å². The summed E-state index contributed by atoms with van der Waals surface area (Å²) in [4.78, 5) is 14.8. The zero-order chi connectivity index (χ0) is 21.2. The first-order valence-corrected chi connectivity index (χ1v) is 10.5. The lowest BCUT2D eigenvalue weighted by atomic mass is 9.99. The van der Waals surface area contributed by atoms with Crippen molar-refractivity contribution in [2.75, 3.05) is 19.7 Å². The highest BCUT2D eigenvalue weighted by Gasteiger charge is 2.17. The van der Waals surface area contributed by atoms with Crippen LogP contribution in [0.5, 0.6) is 5.75 Å². The van der Waals surface area contributed by atoms with E-state index in [1.165, 1.54) is 18.4 Å². The van der Waals surface area contributed by atoms with Crippen molar-refractivity contribution in [2.24, 2.45) is 5.92 Å². The molecule has 2 aromatic carbocycles. The molecule has 0 bridgehead atoms. The molecule has 2 aromatic rings. The average molecular weight is 404 g/mol. The van der Waals surface area contributed by atoms with Crippen LogP contribution in [0, 0.1) is 17.2 Å². The van der Waals surface area contributed by atoms with E-state index in [-0.39, 0.29) is 12.5 Å². The topological polar surface area (TPSA) is 65.4 Å². The summed E-state index contributed by atoms with van der Waals surface area (Å²) in [6, 6.07) is 17.5. The molecule has 1 fully saturated rings. The third kappa shape index (κ3) is 6.75. The zero-order valence-corrected chi connectivity index (χ0v) is 17.5. The standard InChI is InChI=1S/C25H29N3O2/c1-20-5-4-15-28(18-20)19-23-7-3-2-6-22(23)17-27-25(29)13-10-21-8-11-24(12-9-21)30-16-14-26/h2-3,6-13,20H,4-5,15-19H2,1H3,(H,27,29). The van der Waals surface area contributed by atoms with Crippen molar-refractivity contribution in [1.29, 1.82) is 5.26 Å². The first-order chi connectivity index (χ1) is 14.6. The van der Waals surface area contributed by atoms with Gasteiger partial charge in [-0.3, -0.25) is 9.69 Å². The molecule has 0 spiro atoms. The Labute approximate surface area is 179 Å². The molecular weight excluding hydrogens is 374 g/mol. The summed E-state index contributed by atoms with van der Waals surface area (Å²) in [7, 11) is 0. The van der Waals surface area contributed by atoms with Crippen LogP contribution in [0.1, 0.15) is 36.5 Å². The van der Waals surface area contributed by atoms with E-state index < -0.39 is 0 Å². The third-order valence-corrected chi connectivity index (χ3v) is 5.32. The Morgan fingerprint density at radius 3 is 2.73 bits per heavy atom. The summed E-state index contributed by atoms with van der Waals surface area (Å²) in [6.07, 6.45) is 5.89. The summed E-state index contributed by atoms with van der Waals surface area (Å²) in [5.41, 5.74) is 3.34. The monoisotopic (exact) mass is 403 g/mol. The number of carbonyl (C=O) groups excluding carboxylic acids is 1. The molecule has 1 unspecified atom stereocenters. The molecule has 30 heavy (non-hydrogen) atoms. The molecule has 1 N–H and O–H groups in total. The van der Waals surface area contributed by atoms with Crippen LogP contribution in [0.2, 0.25) is 0 Å². The lowest BCUT2D eigenvalue weighted by molar-refractivity contribution is -0.116. The van der Waals surface area contributed by atoms with Gasteiger partial charge in [-0.05, 0) is 60.2 Å². The SMILES string of the molecule is CC1CCCN(Cc2ccccc2CNC(=O)C=Cc2ccc(OCC#N)cc2)C1. The summed E-state index contributed by atoms with van der Waals surface area (Å²) in [6.45, 7) is 6.08. The van der Waals surface area contributed by atoms with Crippen molar-refractivity contribution in [2.45, 2.75) is 32.9 Å². The number of hydrogen-bond acceptors (Lipinski definition) is 4. The van der Waals surface area contributed by atoms with Crippen LogP contribution in [-0.2, 0) is 17.9 Å². The highest BCUT2D eigenvalue weighted by Crippen LogP contribution is 2.19. The van der Waals surface area contributed by atoms with Gasteiger partial charge in [0.05, 0.1) is 0 Å². The number of likely N-dealkylation sites (tertiary alicyclic amines) is 1. The minimum absolute atomic E-state index is 0.0237. The van der Waals surface area contributed by atoms with E-state index in [1.807, 2.05) is 24.3 Å². The van der Waals surface area contributed by atoms with Crippen LogP contribution in [-0.4, -0.2) is 30.5 Å². The predicted octanol–water partition coefficient (Wildman–Crippen LogP) is 4.15. The van der Waals surface area contributed by atoms with E-state index in [0.717, 1.165) is 36.7 Å². The predicted molar refractivity (Wildman–Crippen MR) is 119 cm³/mol. The first kappa shape index (κ1) is 21.6. The van der Waals surface area contributed by atoms with Crippen LogP contribution in [0.3, 0.4) is 0 Å². The zero-order valence-electron chi connectivity index (χ0n) is 17.5. The number of hydrogen-bond donors (Lipinski definition) is 1. The lowest BCUT2D eigenvalue weighted by Crippen LogP contribution is -2.34. The molecule has 5 heteroatoms. The van der Waals surface area contributed by atoms with Crippen LogP contribution in [0.25, 0.3) is 6.08 Å². The maximum Gasteiger partial charge on any atom is 0.244 e. The largest absolute Gasteiger partial charge is 0.479 e. The minimum Gasteiger partial charge on any atom is -0.479 e. The maximum absolute atomic E-state index is 12.3. The molecule has 156 valence electrons. The van der Waals surface area contributed by atoms with Crippen molar-refractivity contribution >= 4 is 12.0 Å². The van der Waals surface area contributed by atoms with Crippen molar-refractivity contribution < 1.29 is 9.53 Å². The summed E-state index contributed by atoms with van der Waals surface area (Å²) < 4.78 is 5.23. The number of nitrogens with zero attached hydrogens (tertiary/aromatic N) is 2. The normalized spacial score (nSPS) is 16.9.